The Kier molecular flexibility index (Phi) is 3.97. The summed E-state index contributed by atoms with van der Waals surface area (Å²) in [5.74, 6) is 0.505. The monoisotopic (exact) mass is 239 g/mol. The summed E-state index contributed by atoms with van der Waals surface area (Å²) >= 11 is 5.70. The van der Waals surface area contributed by atoms with E-state index in [1.165, 1.54) is 11.6 Å². The number of halogens is 2. The number of alkyl halides is 1. The van der Waals surface area contributed by atoms with Crippen molar-refractivity contribution in [1.82, 2.24) is 4.90 Å². The van der Waals surface area contributed by atoms with Crippen LogP contribution < -0.4 is 0 Å². The number of rotatable bonds is 3. The maximum Gasteiger partial charge on any atom is 0.123 e. The predicted octanol–water partition coefficient (Wildman–Crippen LogP) is 3.15. The van der Waals surface area contributed by atoms with Crippen molar-refractivity contribution in [2.24, 2.45) is 0 Å². The van der Waals surface area contributed by atoms with Crippen LogP contribution in [-0.2, 0) is 0 Å². The van der Waals surface area contributed by atoms with Crippen LogP contribution in [0.25, 0.3) is 5.57 Å². The zero-order valence-corrected chi connectivity index (χ0v) is 9.88. The molecule has 3 heteroatoms. The molecule has 1 aromatic carbocycles. The zero-order chi connectivity index (χ0) is 11.4. The summed E-state index contributed by atoms with van der Waals surface area (Å²) in [6.45, 7) is 2.85. The molecular weight excluding hydrogens is 225 g/mol. The first kappa shape index (κ1) is 11.6. The SMILES string of the molecule is Fc1cccc(C2=CCN(CCCl)CC2)c1. The molecule has 0 saturated carbocycles. The minimum atomic E-state index is -0.165. The normalized spacial score (nSPS) is 17.2. The molecule has 0 amide bonds. The minimum Gasteiger partial charge on any atom is -0.298 e. The van der Waals surface area contributed by atoms with Gasteiger partial charge in [-0.1, -0.05) is 18.2 Å². The van der Waals surface area contributed by atoms with Crippen LogP contribution in [0.4, 0.5) is 4.39 Å². The van der Waals surface area contributed by atoms with Gasteiger partial charge < -0.3 is 0 Å². The topological polar surface area (TPSA) is 3.24 Å². The lowest BCUT2D eigenvalue weighted by atomic mass is 9.99. The van der Waals surface area contributed by atoms with Crippen LogP contribution in [0.2, 0.25) is 0 Å². The minimum absolute atomic E-state index is 0.165. The first-order chi connectivity index (χ1) is 7.79. The molecular formula is C13H15ClFN. The van der Waals surface area contributed by atoms with E-state index in [1.54, 1.807) is 12.1 Å². The number of hydrogen-bond acceptors (Lipinski definition) is 1. The molecule has 1 aliphatic rings. The van der Waals surface area contributed by atoms with Gasteiger partial charge in [0, 0.05) is 25.5 Å². The average molecular weight is 240 g/mol. The second kappa shape index (κ2) is 5.46. The van der Waals surface area contributed by atoms with E-state index in [0.29, 0.717) is 5.88 Å². The number of benzene rings is 1. The summed E-state index contributed by atoms with van der Waals surface area (Å²) in [4.78, 5) is 2.30. The van der Waals surface area contributed by atoms with Gasteiger partial charge in [0.2, 0.25) is 0 Å². The lowest BCUT2D eigenvalue weighted by molar-refractivity contribution is 0.320. The summed E-state index contributed by atoms with van der Waals surface area (Å²) in [7, 11) is 0. The fourth-order valence-corrected chi connectivity index (χ4v) is 2.22. The van der Waals surface area contributed by atoms with Crippen LogP contribution in [0.3, 0.4) is 0 Å². The van der Waals surface area contributed by atoms with Gasteiger partial charge in [0.05, 0.1) is 0 Å². The van der Waals surface area contributed by atoms with Crippen molar-refractivity contribution >= 4 is 17.2 Å². The van der Waals surface area contributed by atoms with Crippen LogP contribution in [-0.4, -0.2) is 30.4 Å². The van der Waals surface area contributed by atoms with Crippen LogP contribution in [0.1, 0.15) is 12.0 Å². The summed E-state index contributed by atoms with van der Waals surface area (Å²) in [6.07, 6.45) is 3.14. The molecule has 0 aromatic heterocycles. The molecule has 2 rings (SSSR count). The molecule has 0 radical (unpaired) electrons. The number of hydrogen-bond donors (Lipinski definition) is 0. The zero-order valence-electron chi connectivity index (χ0n) is 9.13. The summed E-state index contributed by atoms with van der Waals surface area (Å²) in [5.41, 5.74) is 2.25. The smallest absolute Gasteiger partial charge is 0.123 e. The van der Waals surface area contributed by atoms with E-state index in [1.807, 2.05) is 6.07 Å². The Balaban J connectivity index is 2.07. The van der Waals surface area contributed by atoms with Crippen molar-refractivity contribution in [2.75, 3.05) is 25.5 Å². The molecule has 0 N–H and O–H groups in total. The first-order valence-corrected chi connectivity index (χ1v) is 6.06. The lowest BCUT2D eigenvalue weighted by Crippen LogP contribution is -2.30. The third-order valence-electron chi connectivity index (χ3n) is 2.89. The second-order valence-electron chi connectivity index (χ2n) is 3.98. The molecule has 0 atom stereocenters. The van der Waals surface area contributed by atoms with Crippen LogP contribution in [0.5, 0.6) is 0 Å². The Morgan fingerprint density at radius 3 is 2.88 bits per heavy atom. The van der Waals surface area contributed by atoms with E-state index in [4.69, 9.17) is 11.6 Å². The van der Waals surface area contributed by atoms with E-state index in [2.05, 4.69) is 11.0 Å². The maximum absolute atomic E-state index is 13.1. The molecule has 1 aromatic rings. The Hall–Kier alpha value is -0.860. The van der Waals surface area contributed by atoms with Crippen LogP contribution >= 0.6 is 11.6 Å². The van der Waals surface area contributed by atoms with Gasteiger partial charge in [-0.25, -0.2) is 4.39 Å². The Morgan fingerprint density at radius 2 is 2.25 bits per heavy atom. The van der Waals surface area contributed by atoms with Gasteiger partial charge in [0.1, 0.15) is 5.82 Å². The fraction of sp³-hybridized carbons (Fsp3) is 0.385. The maximum atomic E-state index is 13.1. The van der Waals surface area contributed by atoms with Gasteiger partial charge in [0.15, 0.2) is 0 Å². The Morgan fingerprint density at radius 1 is 1.38 bits per heavy atom. The average Bonchev–Trinajstić information content (AvgIpc) is 2.30. The molecule has 1 heterocycles. The largest absolute Gasteiger partial charge is 0.298 e. The van der Waals surface area contributed by atoms with E-state index in [-0.39, 0.29) is 5.82 Å². The summed E-state index contributed by atoms with van der Waals surface area (Å²) < 4.78 is 13.1. The highest BCUT2D eigenvalue weighted by molar-refractivity contribution is 6.18. The van der Waals surface area contributed by atoms with E-state index >= 15 is 0 Å². The van der Waals surface area contributed by atoms with Crippen LogP contribution in [0, 0.1) is 5.82 Å². The third-order valence-corrected chi connectivity index (χ3v) is 3.06. The molecule has 0 saturated heterocycles. The van der Waals surface area contributed by atoms with Gasteiger partial charge in [-0.05, 0) is 29.7 Å². The van der Waals surface area contributed by atoms with Crippen molar-refractivity contribution in [3.05, 3.63) is 41.7 Å². The predicted molar refractivity (Wildman–Crippen MR) is 66.2 cm³/mol. The van der Waals surface area contributed by atoms with Gasteiger partial charge in [-0.2, -0.15) is 0 Å². The van der Waals surface area contributed by atoms with Crippen molar-refractivity contribution in [1.29, 1.82) is 0 Å². The molecule has 16 heavy (non-hydrogen) atoms. The molecule has 0 bridgehead atoms. The van der Waals surface area contributed by atoms with E-state index in [0.717, 1.165) is 31.6 Å². The quantitative estimate of drug-likeness (QED) is 0.733. The fourth-order valence-electron chi connectivity index (χ4n) is 1.98. The van der Waals surface area contributed by atoms with Crippen molar-refractivity contribution in [3.63, 3.8) is 0 Å². The van der Waals surface area contributed by atoms with Crippen molar-refractivity contribution in [2.45, 2.75) is 6.42 Å². The standard InChI is InChI=1S/C13H15ClFN/c14-6-9-16-7-4-11(5-8-16)12-2-1-3-13(15)10-12/h1-4,10H,5-9H2. The first-order valence-electron chi connectivity index (χ1n) is 5.53. The lowest BCUT2D eigenvalue weighted by Gasteiger charge is -2.25. The summed E-state index contributed by atoms with van der Waals surface area (Å²) in [5, 5.41) is 0. The van der Waals surface area contributed by atoms with Gasteiger partial charge in [-0.15, -0.1) is 11.6 Å². The highest BCUT2D eigenvalue weighted by Gasteiger charge is 2.12. The highest BCUT2D eigenvalue weighted by Crippen LogP contribution is 2.22. The van der Waals surface area contributed by atoms with Crippen molar-refractivity contribution in [3.8, 4) is 0 Å². The van der Waals surface area contributed by atoms with Gasteiger partial charge in [-0.3, -0.25) is 4.90 Å². The highest BCUT2D eigenvalue weighted by atomic mass is 35.5. The molecule has 0 spiro atoms. The Labute approximate surface area is 101 Å². The number of nitrogens with zero attached hydrogens (tertiary/aromatic N) is 1. The third kappa shape index (κ3) is 2.83. The summed E-state index contributed by atoms with van der Waals surface area (Å²) in [6, 6.07) is 6.80. The Bertz CT molecular complexity index is 389. The molecule has 1 aliphatic heterocycles. The molecule has 0 unspecified atom stereocenters. The van der Waals surface area contributed by atoms with E-state index < -0.39 is 0 Å². The molecule has 0 fully saturated rings. The van der Waals surface area contributed by atoms with Crippen molar-refractivity contribution < 1.29 is 4.39 Å². The van der Waals surface area contributed by atoms with Gasteiger partial charge in [0.25, 0.3) is 0 Å². The van der Waals surface area contributed by atoms with E-state index in [9.17, 15) is 4.39 Å². The second-order valence-corrected chi connectivity index (χ2v) is 4.36. The molecule has 0 aliphatic carbocycles. The van der Waals surface area contributed by atoms with Gasteiger partial charge >= 0.3 is 0 Å². The molecule has 1 nitrogen and oxygen atoms in total. The molecule has 86 valence electrons. The van der Waals surface area contributed by atoms with Crippen LogP contribution in [0.15, 0.2) is 30.3 Å².